The quantitative estimate of drug-likeness (QED) is 0.216. The summed E-state index contributed by atoms with van der Waals surface area (Å²) in [5, 5.41) is 5.78. The number of halogens is 5. The number of fused-ring (bicyclic) bond motifs is 1. The van der Waals surface area contributed by atoms with Crippen LogP contribution in [0.15, 0.2) is 18.2 Å². The Bertz CT molecular complexity index is 1380. The number of amides is 1. The number of nitrogens with two attached hydrogens (primary N) is 1. The van der Waals surface area contributed by atoms with Crippen molar-refractivity contribution >= 4 is 34.1 Å². The van der Waals surface area contributed by atoms with E-state index >= 15 is 4.39 Å². The van der Waals surface area contributed by atoms with Crippen molar-refractivity contribution in [3.8, 4) is 11.3 Å². The summed E-state index contributed by atoms with van der Waals surface area (Å²) >= 11 is 5.93. The number of nitrogens with zero attached hydrogens (tertiary/aromatic N) is 2. The van der Waals surface area contributed by atoms with Crippen molar-refractivity contribution < 1.29 is 22.4 Å². The van der Waals surface area contributed by atoms with Crippen molar-refractivity contribution in [1.29, 1.82) is 0 Å². The Labute approximate surface area is 230 Å². The predicted octanol–water partition coefficient (Wildman–Crippen LogP) is 6.81. The molecule has 1 amide bonds. The monoisotopic (exact) mass is 567 g/mol. The molecule has 6 nitrogen and oxygen atoms in total. The molecule has 2 saturated carbocycles. The van der Waals surface area contributed by atoms with E-state index < -0.39 is 33.8 Å². The molecule has 3 aromatic rings. The van der Waals surface area contributed by atoms with Gasteiger partial charge >= 0.3 is 6.18 Å². The lowest BCUT2D eigenvalue weighted by Crippen LogP contribution is -2.20. The van der Waals surface area contributed by atoms with Gasteiger partial charge in [0.25, 0.3) is 0 Å². The second-order valence-electron chi connectivity index (χ2n) is 10.7. The molecular weight excluding hydrogens is 534 g/mol. The van der Waals surface area contributed by atoms with E-state index in [0.29, 0.717) is 16.8 Å². The summed E-state index contributed by atoms with van der Waals surface area (Å²) in [7, 11) is 1.97. The number of nitrogens with one attached hydrogen (secondary N) is 2. The van der Waals surface area contributed by atoms with Gasteiger partial charge in [-0.15, -0.1) is 0 Å². The van der Waals surface area contributed by atoms with Gasteiger partial charge in [0.15, 0.2) is 5.82 Å². The number of pyridine rings is 1. The molecule has 0 unspecified atom stereocenters. The van der Waals surface area contributed by atoms with Crippen LogP contribution in [-0.4, -0.2) is 29.1 Å². The molecule has 0 aliphatic heterocycles. The highest BCUT2D eigenvalue weighted by Gasteiger charge is 2.40. The number of carbonyl (C=O) groups is 1. The van der Waals surface area contributed by atoms with Gasteiger partial charge in [-0.2, -0.15) is 13.2 Å². The molecule has 0 radical (unpaired) electrons. The van der Waals surface area contributed by atoms with Gasteiger partial charge in [0, 0.05) is 41.2 Å². The fourth-order valence-electron chi connectivity index (χ4n) is 4.80. The molecular formula is C28H34ClF4N5O. The van der Waals surface area contributed by atoms with E-state index in [2.05, 4.69) is 29.5 Å². The molecule has 5 rings (SSSR count). The third kappa shape index (κ3) is 6.49. The molecule has 1 aromatic carbocycles. The van der Waals surface area contributed by atoms with Crippen LogP contribution in [0.25, 0.3) is 22.2 Å². The normalized spacial score (nSPS) is 15.4. The van der Waals surface area contributed by atoms with Crippen molar-refractivity contribution in [3.05, 3.63) is 46.0 Å². The lowest BCUT2D eigenvalue weighted by atomic mass is 10.00. The summed E-state index contributed by atoms with van der Waals surface area (Å²) in [6.45, 7) is 7.09. The van der Waals surface area contributed by atoms with Crippen LogP contribution in [-0.2, 0) is 17.5 Å². The standard InChI is InChI=1S/C23H21ClF4N4O.C5H13N/c1-10(33)30-9-14-8-16-20(11-2-3-11)31-21(19(25)22(16)32(14)13-4-5-13)15-6-12(29)7-17(24)18(15)23(26,27)28;1-5(2)4-6-3/h6-8,11,13H,2-5,9,29H2,1H3,(H,30,33);5-6H,4H2,1-3H3. The average Bonchev–Trinajstić information content (AvgIpc) is 3.74. The molecule has 2 heterocycles. The Morgan fingerprint density at radius 1 is 1.21 bits per heavy atom. The van der Waals surface area contributed by atoms with Crippen molar-refractivity contribution in [3.63, 3.8) is 0 Å². The molecule has 0 spiro atoms. The summed E-state index contributed by atoms with van der Waals surface area (Å²) in [6.07, 6.45) is -1.52. The van der Waals surface area contributed by atoms with Crippen LogP contribution in [0.3, 0.4) is 0 Å². The number of alkyl halides is 3. The molecule has 0 saturated heterocycles. The number of rotatable bonds is 7. The number of carbonyl (C=O) groups excluding carboxylic acids is 1. The summed E-state index contributed by atoms with van der Waals surface area (Å²) in [5.74, 6) is -0.243. The highest BCUT2D eigenvalue weighted by Crippen LogP contribution is 2.49. The minimum atomic E-state index is -4.82. The molecule has 39 heavy (non-hydrogen) atoms. The van der Waals surface area contributed by atoms with Crippen molar-refractivity contribution in [2.45, 2.75) is 71.1 Å². The van der Waals surface area contributed by atoms with Crippen LogP contribution in [0.2, 0.25) is 5.02 Å². The molecule has 4 N–H and O–H groups in total. The molecule has 2 aliphatic carbocycles. The third-order valence-corrected chi connectivity index (χ3v) is 7.00. The third-order valence-electron chi connectivity index (χ3n) is 6.70. The Hall–Kier alpha value is -2.85. The second kappa shape index (κ2) is 11.3. The second-order valence-corrected chi connectivity index (χ2v) is 11.1. The summed E-state index contributed by atoms with van der Waals surface area (Å²) in [4.78, 5) is 15.9. The molecule has 2 aliphatic rings. The Balaban J connectivity index is 0.000000531. The van der Waals surface area contributed by atoms with E-state index in [1.807, 2.05) is 7.05 Å². The SMILES string of the molecule is CC(=O)NCc1cc2c(C3CC3)nc(-c3cc(N)cc(Cl)c3C(F)(F)F)c(F)c2n1C1CC1.CNCC(C)C. The van der Waals surface area contributed by atoms with Crippen LogP contribution in [0, 0.1) is 11.7 Å². The molecule has 0 bridgehead atoms. The number of hydrogen-bond donors (Lipinski definition) is 3. The highest BCUT2D eigenvalue weighted by molar-refractivity contribution is 6.32. The summed E-state index contributed by atoms with van der Waals surface area (Å²) in [6, 6.07) is 3.90. The number of benzene rings is 1. The lowest BCUT2D eigenvalue weighted by molar-refractivity contribution is -0.137. The number of anilines is 1. The fourth-order valence-corrected chi connectivity index (χ4v) is 5.13. The molecule has 212 valence electrons. The first-order chi connectivity index (χ1) is 18.3. The van der Waals surface area contributed by atoms with E-state index in [-0.39, 0.29) is 35.6 Å². The van der Waals surface area contributed by atoms with Crippen molar-refractivity contribution in [1.82, 2.24) is 20.2 Å². The van der Waals surface area contributed by atoms with Gasteiger partial charge in [0.1, 0.15) is 5.69 Å². The topological polar surface area (TPSA) is 85.0 Å². The van der Waals surface area contributed by atoms with Gasteiger partial charge in [-0.1, -0.05) is 25.4 Å². The zero-order valence-electron chi connectivity index (χ0n) is 22.5. The van der Waals surface area contributed by atoms with Crippen molar-refractivity contribution in [2.24, 2.45) is 5.92 Å². The number of hydrogen-bond acceptors (Lipinski definition) is 4. The maximum atomic E-state index is 16.1. The smallest absolute Gasteiger partial charge is 0.399 e. The first kappa shape index (κ1) is 29.1. The molecule has 2 aromatic heterocycles. The van der Waals surface area contributed by atoms with E-state index in [1.165, 1.54) is 6.92 Å². The van der Waals surface area contributed by atoms with Gasteiger partial charge in [-0.25, -0.2) is 9.37 Å². The number of nitrogen functional groups attached to an aromatic ring is 1. The lowest BCUT2D eigenvalue weighted by Gasteiger charge is -2.18. The van der Waals surface area contributed by atoms with Gasteiger partial charge < -0.3 is 20.9 Å². The Morgan fingerprint density at radius 2 is 1.87 bits per heavy atom. The van der Waals surface area contributed by atoms with Crippen molar-refractivity contribution in [2.75, 3.05) is 19.3 Å². The maximum absolute atomic E-state index is 16.1. The van der Waals surface area contributed by atoms with E-state index in [1.54, 1.807) is 10.6 Å². The number of aromatic nitrogens is 2. The van der Waals surface area contributed by atoms with Crippen LogP contribution in [0.5, 0.6) is 0 Å². The zero-order valence-corrected chi connectivity index (χ0v) is 23.2. The van der Waals surface area contributed by atoms with Gasteiger partial charge in [0.2, 0.25) is 5.91 Å². The van der Waals surface area contributed by atoms with E-state index in [4.69, 9.17) is 17.3 Å². The minimum absolute atomic E-state index is 0.0128. The zero-order chi connectivity index (χ0) is 28.6. The Morgan fingerprint density at radius 3 is 2.36 bits per heavy atom. The van der Waals surface area contributed by atoms with Crippen LogP contribution in [0.1, 0.15) is 75.4 Å². The molecule has 11 heteroatoms. The minimum Gasteiger partial charge on any atom is -0.399 e. The van der Waals surface area contributed by atoms with Crippen LogP contribution in [0.4, 0.5) is 23.2 Å². The molecule has 0 atom stereocenters. The van der Waals surface area contributed by atoms with Crippen LogP contribution < -0.4 is 16.4 Å². The fraction of sp³-hybridized carbons (Fsp3) is 0.500. The van der Waals surface area contributed by atoms with E-state index in [9.17, 15) is 18.0 Å². The largest absolute Gasteiger partial charge is 0.418 e. The predicted molar refractivity (Wildman–Crippen MR) is 146 cm³/mol. The highest BCUT2D eigenvalue weighted by atomic mass is 35.5. The van der Waals surface area contributed by atoms with Gasteiger partial charge in [-0.05, 0) is 63.4 Å². The van der Waals surface area contributed by atoms with Gasteiger partial charge in [0.05, 0.1) is 28.3 Å². The van der Waals surface area contributed by atoms with E-state index in [0.717, 1.165) is 50.3 Å². The molecule has 2 fully saturated rings. The van der Waals surface area contributed by atoms with Gasteiger partial charge in [-0.3, -0.25) is 4.79 Å². The van der Waals surface area contributed by atoms with Crippen LogP contribution >= 0.6 is 11.6 Å². The maximum Gasteiger partial charge on any atom is 0.418 e. The Kier molecular flexibility index (Phi) is 8.47. The first-order valence-corrected chi connectivity index (χ1v) is 13.5. The summed E-state index contributed by atoms with van der Waals surface area (Å²) < 4.78 is 59.7. The average molecular weight is 568 g/mol. The first-order valence-electron chi connectivity index (χ1n) is 13.1. The summed E-state index contributed by atoms with van der Waals surface area (Å²) in [5.41, 5.74) is 5.23.